The summed E-state index contributed by atoms with van der Waals surface area (Å²) in [5.74, 6) is 0.389. The molecule has 0 amide bonds. The van der Waals surface area contributed by atoms with E-state index in [4.69, 9.17) is 10.2 Å². The number of hydrogen-bond donors (Lipinski definition) is 2. The van der Waals surface area contributed by atoms with Gasteiger partial charge in [-0.2, -0.15) is 0 Å². The number of phenolic OH excluding ortho intramolecular Hbond substituents is 2. The second-order valence-corrected chi connectivity index (χ2v) is 8.31. The number of carbonyl (C=O) groups excluding carboxylic acids is 2. The van der Waals surface area contributed by atoms with Gasteiger partial charge in [-0.25, -0.2) is 0 Å². The molecule has 2 N–H and O–H groups in total. The molecule has 0 radical (unpaired) electrons. The van der Waals surface area contributed by atoms with E-state index in [1.165, 1.54) is 12.2 Å². The molecule has 0 aromatic heterocycles. The van der Waals surface area contributed by atoms with E-state index < -0.39 is 0 Å². The van der Waals surface area contributed by atoms with E-state index in [0.29, 0.717) is 11.1 Å². The normalized spacial score (nSPS) is 10.7. The molecule has 4 nitrogen and oxygen atoms in total. The van der Waals surface area contributed by atoms with Crippen LogP contribution in [0.25, 0.3) is 12.2 Å². The van der Waals surface area contributed by atoms with Crippen molar-refractivity contribution in [3.05, 3.63) is 143 Å². The third-order valence-corrected chi connectivity index (χ3v) is 5.31. The van der Waals surface area contributed by atoms with Gasteiger partial charge in [0.1, 0.15) is 11.5 Å². The molecule has 0 unspecified atom stereocenters. The number of ketones is 2. The van der Waals surface area contributed by atoms with Crippen molar-refractivity contribution in [1.29, 1.82) is 0 Å². The molecule has 0 spiro atoms. The highest BCUT2D eigenvalue weighted by molar-refractivity contribution is 6.07. The van der Waals surface area contributed by atoms with Crippen molar-refractivity contribution >= 4 is 23.7 Å². The summed E-state index contributed by atoms with van der Waals surface area (Å²) in [5.41, 5.74) is 5.39. The maximum absolute atomic E-state index is 11.9. The number of aryl methyl sites for hydroxylation is 2. The molecule has 0 atom stereocenters. The minimum Gasteiger partial charge on any atom is -0.508 e. The van der Waals surface area contributed by atoms with Crippen molar-refractivity contribution in [3.63, 3.8) is 0 Å². The molecule has 4 rings (SSSR count). The Morgan fingerprint density at radius 2 is 0.806 bits per heavy atom. The third kappa shape index (κ3) is 8.26. The smallest absolute Gasteiger partial charge is 0.185 e. The number of allylic oxidation sites excluding steroid dienone is 2. The minimum absolute atomic E-state index is 0.0249. The number of hydrogen-bond acceptors (Lipinski definition) is 4. The number of carbonyl (C=O) groups is 2. The van der Waals surface area contributed by atoms with Crippen LogP contribution in [0.2, 0.25) is 0 Å². The molecule has 0 saturated carbocycles. The van der Waals surface area contributed by atoms with Gasteiger partial charge in [-0.3, -0.25) is 9.59 Å². The van der Waals surface area contributed by atoms with E-state index in [1.54, 1.807) is 60.7 Å². The molecule has 0 bridgehead atoms. The maximum Gasteiger partial charge on any atom is 0.185 e. The van der Waals surface area contributed by atoms with Gasteiger partial charge in [-0.05, 0) is 61.4 Å². The molecule has 36 heavy (non-hydrogen) atoms. The van der Waals surface area contributed by atoms with Crippen molar-refractivity contribution < 1.29 is 19.8 Å². The van der Waals surface area contributed by atoms with Gasteiger partial charge in [0.2, 0.25) is 0 Å². The standard InChI is InChI=1S/2C16H14O2/c2*1-12-2-7-14(8-3-12)16(18)11-6-13-4-9-15(17)10-5-13/h2*2-11,17H,1H3. The molecule has 4 heteroatoms. The van der Waals surface area contributed by atoms with E-state index in [-0.39, 0.29) is 23.1 Å². The molecule has 0 heterocycles. The van der Waals surface area contributed by atoms with Gasteiger partial charge in [-0.15, -0.1) is 0 Å². The Bertz CT molecular complexity index is 1240. The van der Waals surface area contributed by atoms with Crippen LogP contribution in [-0.2, 0) is 0 Å². The van der Waals surface area contributed by atoms with Crippen molar-refractivity contribution in [2.45, 2.75) is 13.8 Å². The summed E-state index contributed by atoms with van der Waals surface area (Å²) < 4.78 is 0. The van der Waals surface area contributed by atoms with E-state index in [0.717, 1.165) is 22.3 Å². The molecular weight excluding hydrogens is 448 g/mol. The summed E-state index contributed by atoms with van der Waals surface area (Å²) in [5, 5.41) is 18.3. The first-order valence-corrected chi connectivity index (χ1v) is 11.5. The van der Waals surface area contributed by atoms with Gasteiger partial charge < -0.3 is 10.2 Å². The molecule has 0 aliphatic heterocycles. The summed E-state index contributed by atoms with van der Waals surface area (Å²) >= 11 is 0. The summed E-state index contributed by atoms with van der Waals surface area (Å²) in [6.45, 7) is 3.97. The van der Waals surface area contributed by atoms with E-state index >= 15 is 0 Å². The maximum atomic E-state index is 11.9. The number of aromatic hydroxyl groups is 2. The molecule has 0 aliphatic rings. The Morgan fingerprint density at radius 1 is 0.500 bits per heavy atom. The second kappa shape index (κ2) is 12.7. The van der Waals surface area contributed by atoms with Crippen molar-refractivity contribution in [3.8, 4) is 11.5 Å². The molecule has 0 aliphatic carbocycles. The highest BCUT2D eigenvalue weighted by atomic mass is 16.3. The Kier molecular flexibility index (Phi) is 9.12. The summed E-state index contributed by atoms with van der Waals surface area (Å²) in [7, 11) is 0. The van der Waals surface area contributed by atoms with Gasteiger partial charge in [0.05, 0.1) is 0 Å². The predicted octanol–water partition coefficient (Wildman–Crippen LogP) is 7.19. The molecule has 0 saturated heterocycles. The Balaban J connectivity index is 0.000000201. The Hall–Kier alpha value is -4.70. The lowest BCUT2D eigenvalue weighted by Crippen LogP contribution is -1.93. The molecule has 0 fully saturated rings. The highest BCUT2D eigenvalue weighted by Crippen LogP contribution is 2.13. The summed E-state index contributed by atoms with van der Waals surface area (Å²) in [6.07, 6.45) is 6.55. The number of rotatable bonds is 6. The monoisotopic (exact) mass is 476 g/mol. The Labute approximate surface area is 211 Å². The van der Waals surface area contributed by atoms with Crippen LogP contribution in [0.1, 0.15) is 43.0 Å². The molecule has 4 aromatic rings. The van der Waals surface area contributed by atoms with Crippen LogP contribution in [-0.4, -0.2) is 21.8 Å². The van der Waals surface area contributed by atoms with Crippen molar-refractivity contribution in [2.24, 2.45) is 0 Å². The molecular formula is C32H28O4. The van der Waals surface area contributed by atoms with E-state index in [1.807, 2.05) is 62.4 Å². The van der Waals surface area contributed by atoms with Crippen LogP contribution < -0.4 is 0 Å². The SMILES string of the molecule is Cc1ccc(C(=O)C=Cc2ccc(O)cc2)cc1.Cc1ccc(C(=O)C=Cc2ccc(O)cc2)cc1. The number of phenols is 2. The van der Waals surface area contributed by atoms with Gasteiger partial charge in [-0.1, -0.05) is 96.1 Å². The molecule has 4 aromatic carbocycles. The van der Waals surface area contributed by atoms with Crippen LogP contribution in [0.15, 0.2) is 109 Å². The first-order chi connectivity index (χ1) is 17.3. The first kappa shape index (κ1) is 25.9. The summed E-state index contributed by atoms with van der Waals surface area (Å²) in [6, 6.07) is 28.4. The Morgan fingerprint density at radius 3 is 1.11 bits per heavy atom. The fraction of sp³-hybridized carbons (Fsp3) is 0.0625. The third-order valence-electron chi connectivity index (χ3n) is 5.31. The lowest BCUT2D eigenvalue weighted by atomic mass is 10.1. The number of benzene rings is 4. The van der Waals surface area contributed by atoms with Crippen LogP contribution >= 0.6 is 0 Å². The van der Waals surface area contributed by atoms with E-state index in [2.05, 4.69) is 0 Å². The summed E-state index contributed by atoms with van der Waals surface area (Å²) in [4.78, 5) is 23.7. The molecule has 180 valence electrons. The largest absolute Gasteiger partial charge is 0.508 e. The average Bonchev–Trinajstić information content (AvgIpc) is 2.89. The van der Waals surface area contributed by atoms with Crippen LogP contribution in [0, 0.1) is 13.8 Å². The average molecular weight is 477 g/mol. The van der Waals surface area contributed by atoms with Crippen molar-refractivity contribution in [2.75, 3.05) is 0 Å². The zero-order valence-corrected chi connectivity index (χ0v) is 20.3. The van der Waals surface area contributed by atoms with Crippen LogP contribution in [0.4, 0.5) is 0 Å². The second-order valence-electron chi connectivity index (χ2n) is 8.31. The zero-order valence-electron chi connectivity index (χ0n) is 20.3. The fourth-order valence-electron chi connectivity index (χ4n) is 3.14. The van der Waals surface area contributed by atoms with E-state index in [9.17, 15) is 9.59 Å². The minimum atomic E-state index is -0.0249. The predicted molar refractivity (Wildman–Crippen MR) is 145 cm³/mol. The van der Waals surface area contributed by atoms with Crippen LogP contribution in [0.5, 0.6) is 11.5 Å². The van der Waals surface area contributed by atoms with Crippen LogP contribution in [0.3, 0.4) is 0 Å². The lowest BCUT2D eigenvalue weighted by Gasteiger charge is -1.97. The lowest BCUT2D eigenvalue weighted by molar-refractivity contribution is 0.103. The fourth-order valence-corrected chi connectivity index (χ4v) is 3.14. The zero-order chi connectivity index (χ0) is 25.9. The quantitative estimate of drug-likeness (QED) is 0.228. The van der Waals surface area contributed by atoms with Gasteiger partial charge in [0, 0.05) is 11.1 Å². The topological polar surface area (TPSA) is 74.6 Å². The van der Waals surface area contributed by atoms with Gasteiger partial charge in [0.15, 0.2) is 11.6 Å². The van der Waals surface area contributed by atoms with Gasteiger partial charge in [0.25, 0.3) is 0 Å². The van der Waals surface area contributed by atoms with Gasteiger partial charge >= 0.3 is 0 Å². The first-order valence-electron chi connectivity index (χ1n) is 11.5. The highest BCUT2D eigenvalue weighted by Gasteiger charge is 2.01. The van der Waals surface area contributed by atoms with Crippen molar-refractivity contribution in [1.82, 2.24) is 0 Å².